The van der Waals surface area contributed by atoms with Gasteiger partial charge in [0.25, 0.3) is 0 Å². The van der Waals surface area contributed by atoms with Gasteiger partial charge in [-0.05, 0) is 69.5 Å². The number of hydrogen-bond donors (Lipinski definition) is 0. The van der Waals surface area contributed by atoms with E-state index in [2.05, 4.69) is 102 Å². The quantitative estimate of drug-likeness (QED) is 0.251. The Balaban J connectivity index is 1.62. The number of hydrogen-bond acceptors (Lipinski definition) is 2. The molecule has 0 bridgehead atoms. The molecule has 0 spiro atoms. The van der Waals surface area contributed by atoms with Crippen LogP contribution in [0.5, 0.6) is 0 Å². The molecular formula is C32H30O2. The van der Waals surface area contributed by atoms with Crippen molar-refractivity contribution in [3.8, 4) is 11.1 Å². The van der Waals surface area contributed by atoms with Crippen molar-refractivity contribution >= 4 is 43.9 Å². The Kier molecular flexibility index (Phi) is 4.33. The molecule has 34 heavy (non-hydrogen) atoms. The van der Waals surface area contributed by atoms with Crippen LogP contribution in [0.2, 0.25) is 0 Å². The fourth-order valence-corrected chi connectivity index (χ4v) is 5.25. The first-order valence-electron chi connectivity index (χ1n) is 12.0. The van der Waals surface area contributed by atoms with Crippen molar-refractivity contribution in [3.05, 3.63) is 83.9 Å². The van der Waals surface area contributed by atoms with E-state index in [0.717, 1.165) is 27.7 Å². The fraction of sp³-hybridized carbons (Fsp3) is 0.250. The van der Waals surface area contributed by atoms with Gasteiger partial charge in [0.15, 0.2) is 0 Å². The molecule has 2 aromatic heterocycles. The first kappa shape index (κ1) is 21.0. The average molecular weight is 447 g/mol. The van der Waals surface area contributed by atoms with Gasteiger partial charge in [-0.1, -0.05) is 77.9 Å². The molecule has 170 valence electrons. The third-order valence-corrected chi connectivity index (χ3v) is 6.94. The molecule has 6 aromatic rings. The molecular weight excluding hydrogens is 416 g/mol. The zero-order valence-electron chi connectivity index (χ0n) is 20.7. The predicted octanol–water partition coefficient (Wildman–Crippen LogP) is 9.75. The highest BCUT2D eigenvalue weighted by Crippen LogP contribution is 2.44. The molecule has 0 saturated carbocycles. The normalized spacial score (nSPS) is 13.0. The smallest absolute Gasteiger partial charge is 0.136 e. The molecule has 2 nitrogen and oxygen atoms in total. The van der Waals surface area contributed by atoms with Crippen LogP contribution in [0.3, 0.4) is 0 Å². The van der Waals surface area contributed by atoms with Crippen molar-refractivity contribution in [3.63, 3.8) is 0 Å². The van der Waals surface area contributed by atoms with E-state index < -0.39 is 0 Å². The van der Waals surface area contributed by atoms with Gasteiger partial charge < -0.3 is 8.83 Å². The van der Waals surface area contributed by atoms with E-state index in [0.29, 0.717) is 0 Å². The van der Waals surface area contributed by atoms with Gasteiger partial charge in [0, 0.05) is 21.5 Å². The van der Waals surface area contributed by atoms with Gasteiger partial charge in [-0.15, -0.1) is 0 Å². The van der Waals surface area contributed by atoms with Crippen LogP contribution in [0.25, 0.3) is 55.0 Å². The van der Waals surface area contributed by atoms with Crippen LogP contribution in [-0.4, -0.2) is 0 Å². The van der Waals surface area contributed by atoms with E-state index in [1.54, 1.807) is 0 Å². The molecule has 0 radical (unpaired) electrons. The maximum atomic E-state index is 6.33. The van der Waals surface area contributed by atoms with Crippen molar-refractivity contribution < 1.29 is 8.83 Å². The number of fused-ring (bicyclic) bond motifs is 6. The van der Waals surface area contributed by atoms with Crippen molar-refractivity contribution in [1.29, 1.82) is 0 Å². The van der Waals surface area contributed by atoms with Gasteiger partial charge in [0.05, 0.1) is 0 Å². The second-order valence-electron chi connectivity index (χ2n) is 11.5. The zero-order chi connectivity index (χ0) is 23.8. The molecule has 2 heteroatoms. The van der Waals surface area contributed by atoms with Gasteiger partial charge >= 0.3 is 0 Å². The summed E-state index contributed by atoms with van der Waals surface area (Å²) in [4.78, 5) is 0. The van der Waals surface area contributed by atoms with Crippen molar-refractivity contribution in [2.75, 3.05) is 0 Å². The van der Waals surface area contributed by atoms with Crippen LogP contribution in [0.15, 0.2) is 81.6 Å². The van der Waals surface area contributed by atoms with Gasteiger partial charge in [0.1, 0.15) is 22.3 Å². The lowest BCUT2D eigenvalue weighted by atomic mass is 9.79. The van der Waals surface area contributed by atoms with Gasteiger partial charge in [-0.25, -0.2) is 0 Å². The maximum Gasteiger partial charge on any atom is 0.136 e. The minimum Gasteiger partial charge on any atom is -0.456 e. The molecule has 0 unspecified atom stereocenters. The van der Waals surface area contributed by atoms with Crippen molar-refractivity contribution in [2.24, 2.45) is 0 Å². The fourth-order valence-electron chi connectivity index (χ4n) is 5.25. The Hall–Kier alpha value is -3.52. The summed E-state index contributed by atoms with van der Waals surface area (Å²) < 4.78 is 12.5. The topological polar surface area (TPSA) is 26.3 Å². The molecule has 0 aliphatic carbocycles. The highest BCUT2D eigenvalue weighted by molar-refractivity contribution is 6.10. The molecule has 0 fully saturated rings. The van der Waals surface area contributed by atoms with E-state index >= 15 is 0 Å². The Morgan fingerprint density at radius 1 is 0.529 bits per heavy atom. The second-order valence-corrected chi connectivity index (χ2v) is 11.5. The summed E-state index contributed by atoms with van der Waals surface area (Å²) >= 11 is 0. The lowest BCUT2D eigenvalue weighted by molar-refractivity contribution is 0.590. The first-order valence-corrected chi connectivity index (χ1v) is 12.0. The summed E-state index contributed by atoms with van der Waals surface area (Å²) in [6, 6.07) is 25.9. The number of furan rings is 2. The average Bonchev–Trinajstić information content (AvgIpc) is 3.34. The Labute approximate surface area is 200 Å². The monoisotopic (exact) mass is 446 g/mol. The third kappa shape index (κ3) is 3.16. The first-order chi connectivity index (χ1) is 16.1. The molecule has 6 rings (SSSR count). The molecule has 0 amide bonds. The molecule has 0 N–H and O–H groups in total. The highest BCUT2D eigenvalue weighted by Gasteiger charge is 2.25. The van der Waals surface area contributed by atoms with E-state index in [-0.39, 0.29) is 10.8 Å². The van der Waals surface area contributed by atoms with Crippen LogP contribution in [0.4, 0.5) is 0 Å². The van der Waals surface area contributed by atoms with Gasteiger partial charge in [0.2, 0.25) is 0 Å². The van der Waals surface area contributed by atoms with Crippen molar-refractivity contribution in [2.45, 2.75) is 52.4 Å². The van der Waals surface area contributed by atoms with Crippen LogP contribution >= 0.6 is 0 Å². The second kappa shape index (κ2) is 6.99. The van der Waals surface area contributed by atoms with Gasteiger partial charge in [-0.3, -0.25) is 0 Å². The lowest BCUT2D eigenvalue weighted by Crippen LogP contribution is -2.13. The highest BCUT2D eigenvalue weighted by atomic mass is 16.3. The summed E-state index contributed by atoms with van der Waals surface area (Å²) in [5.74, 6) is 0. The van der Waals surface area contributed by atoms with Crippen LogP contribution in [0, 0.1) is 0 Å². The summed E-state index contributed by atoms with van der Waals surface area (Å²) in [7, 11) is 0. The molecule has 4 aromatic carbocycles. The number of benzene rings is 4. The van der Waals surface area contributed by atoms with Crippen LogP contribution < -0.4 is 0 Å². The minimum atomic E-state index is -0.0636. The lowest BCUT2D eigenvalue weighted by Gasteiger charge is -2.24. The van der Waals surface area contributed by atoms with Crippen LogP contribution in [-0.2, 0) is 10.8 Å². The summed E-state index contributed by atoms with van der Waals surface area (Å²) in [5.41, 5.74) is 8.79. The molecule has 0 atom stereocenters. The predicted molar refractivity (Wildman–Crippen MR) is 144 cm³/mol. The summed E-state index contributed by atoms with van der Waals surface area (Å²) in [6.07, 6.45) is 0. The number of rotatable bonds is 1. The molecule has 0 aliphatic rings. The van der Waals surface area contributed by atoms with E-state index in [9.17, 15) is 0 Å². The Morgan fingerprint density at radius 3 is 2.00 bits per heavy atom. The molecule has 0 saturated heterocycles. The zero-order valence-corrected chi connectivity index (χ0v) is 20.7. The standard InChI is InChI=1S/C32H30O2/c1-31(2,3)20-12-15-26-24(18-20)22-13-11-19(17-28(22)34-26)21-14-16-27-29(30(21)32(4,5)6)23-9-7-8-10-25(23)33-27/h7-18H,1-6H3. The summed E-state index contributed by atoms with van der Waals surface area (Å²) in [5, 5.41) is 4.72. The number of para-hydroxylation sites is 1. The molecule has 2 heterocycles. The van der Waals surface area contributed by atoms with Crippen molar-refractivity contribution in [1.82, 2.24) is 0 Å². The Bertz CT molecular complexity index is 1710. The largest absolute Gasteiger partial charge is 0.456 e. The maximum absolute atomic E-state index is 6.33. The Morgan fingerprint density at radius 2 is 1.24 bits per heavy atom. The van der Waals surface area contributed by atoms with Gasteiger partial charge in [-0.2, -0.15) is 0 Å². The summed E-state index contributed by atoms with van der Waals surface area (Å²) in [6.45, 7) is 13.6. The van der Waals surface area contributed by atoms with E-state index in [1.807, 2.05) is 12.1 Å². The van der Waals surface area contributed by atoms with E-state index in [4.69, 9.17) is 8.83 Å². The third-order valence-electron chi connectivity index (χ3n) is 6.94. The SMILES string of the molecule is CC(C)(C)c1ccc2oc3cc(-c4ccc5oc6ccccc6c5c4C(C)(C)C)ccc3c2c1. The van der Waals surface area contributed by atoms with E-state index in [1.165, 1.54) is 38.4 Å². The molecule has 0 aliphatic heterocycles. The van der Waals surface area contributed by atoms with Crippen LogP contribution in [0.1, 0.15) is 52.7 Å². The minimum absolute atomic E-state index is 0.0636.